The van der Waals surface area contributed by atoms with Crippen LogP contribution in [-0.4, -0.2) is 20.0 Å². The predicted molar refractivity (Wildman–Crippen MR) is 93.3 cm³/mol. The van der Waals surface area contributed by atoms with Crippen LogP contribution < -0.4 is 5.32 Å². The van der Waals surface area contributed by atoms with E-state index in [0.29, 0.717) is 34.2 Å². The average Bonchev–Trinajstić information content (AvgIpc) is 3.29. The van der Waals surface area contributed by atoms with Gasteiger partial charge in [0.25, 0.3) is 0 Å². The summed E-state index contributed by atoms with van der Waals surface area (Å²) in [6, 6.07) is 12.9. The standard InChI is InChI=1S/C16H11N5O3S/c22-21(23)13-8-11-14(17-9-10-4-2-1-3-5-10)19-15(20-16(11)25-13)12-6-7-18-24-12/h1-8H,9H2,(H,17,19,20). The molecular formula is C16H11N5O3S. The molecule has 0 bridgehead atoms. The molecule has 0 spiro atoms. The first-order chi connectivity index (χ1) is 12.2. The van der Waals surface area contributed by atoms with E-state index >= 15 is 0 Å². The molecule has 25 heavy (non-hydrogen) atoms. The Balaban J connectivity index is 1.77. The molecule has 0 unspecified atom stereocenters. The van der Waals surface area contributed by atoms with E-state index in [1.165, 1.54) is 12.3 Å². The Morgan fingerprint density at radius 2 is 2.04 bits per heavy atom. The van der Waals surface area contributed by atoms with Crippen LogP contribution in [0.2, 0.25) is 0 Å². The van der Waals surface area contributed by atoms with Crippen molar-refractivity contribution >= 4 is 32.4 Å². The number of nitro groups is 1. The lowest BCUT2D eigenvalue weighted by Crippen LogP contribution is -2.03. The highest BCUT2D eigenvalue weighted by Crippen LogP contribution is 2.35. The lowest BCUT2D eigenvalue weighted by atomic mass is 10.2. The minimum atomic E-state index is -0.429. The van der Waals surface area contributed by atoms with E-state index in [4.69, 9.17) is 4.52 Å². The van der Waals surface area contributed by atoms with Gasteiger partial charge < -0.3 is 9.84 Å². The topological polar surface area (TPSA) is 107 Å². The Labute approximate surface area is 145 Å². The molecule has 124 valence electrons. The van der Waals surface area contributed by atoms with Crippen molar-refractivity contribution in [1.29, 1.82) is 0 Å². The summed E-state index contributed by atoms with van der Waals surface area (Å²) >= 11 is 1.00. The monoisotopic (exact) mass is 353 g/mol. The second-order valence-corrected chi connectivity index (χ2v) is 6.18. The van der Waals surface area contributed by atoms with Crippen molar-refractivity contribution in [3.8, 4) is 11.6 Å². The van der Waals surface area contributed by atoms with Gasteiger partial charge in [-0.05, 0) is 16.9 Å². The molecule has 0 amide bonds. The third-order valence-electron chi connectivity index (χ3n) is 3.52. The number of anilines is 1. The van der Waals surface area contributed by atoms with Crippen LogP contribution in [0.25, 0.3) is 21.8 Å². The van der Waals surface area contributed by atoms with Crippen molar-refractivity contribution < 1.29 is 9.45 Å². The third kappa shape index (κ3) is 3.04. The molecule has 4 rings (SSSR count). The molecule has 4 aromatic rings. The SMILES string of the molecule is O=[N+]([O-])c1cc2c(NCc3ccccc3)nc(-c3ccno3)nc2s1. The maximum atomic E-state index is 11.1. The van der Waals surface area contributed by atoms with Crippen molar-refractivity contribution in [3.63, 3.8) is 0 Å². The fourth-order valence-corrected chi connectivity index (χ4v) is 3.20. The molecule has 0 saturated carbocycles. The highest BCUT2D eigenvalue weighted by Gasteiger charge is 2.19. The highest BCUT2D eigenvalue weighted by molar-refractivity contribution is 7.21. The second kappa shape index (κ2) is 6.29. The molecule has 0 aliphatic carbocycles. The summed E-state index contributed by atoms with van der Waals surface area (Å²) in [7, 11) is 0. The molecule has 0 fully saturated rings. The molecule has 1 N–H and O–H groups in total. The van der Waals surface area contributed by atoms with Gasteiger partial charge in [-0.15, -0.1) is 0 Å². The van der Waals surface area contributed by atoms with Crippen LogP contribution >= 0.6 is 11.3 Å². The van der Waals surface area contributed by atoms with Crippen LogP contribution in [0.5, 0.6) is 0 Å². The molecule has 9 heteroatoms. The average molecular weight is 353 g/mol. The molecule has 1 aromatic carbocycles. The summed E-state index contributed by atoms with van der Waals surface area (Å²) in [5, 5.41) is 18.6. The first-order valence-corrected chi connectivity index (χ1v) is 8.17. The van der Waals surface area contributed by atoms with Crippen molar-refractivity contribution in [2.75, 3.05) is 5.32 Å². The second-order valence-electron chi connectivity index (χ2n) is 5.17. The lowest BCUT2D eigenvalue weighted by molar-refractivity contribution is -0.380. The highest BCUT2D eigenvalue weighted by atomic mass is 32.1. The van der Waals surface area contributed by atoms with Gasteiger partial charge in [0.1, 0.15) is 10.6 Å². The van der Waals surface area contributed by atoms with Crippen molar-refractivity contribution in [2.45, 2.75) is 6.54 Å². The maximum Gasteiger partial charge on any atom is 0.326 e. The molecule has 8 nitrogen and oxygen atoms in total. The Kier molecular flexibility index (Phi) is 3.82. The van der Waals surface area contributed by atoms with Crippen molar-refractivity contribution in [1.82, 2.24) is 15.1 Å². The number of fused-ring (bicyclic) bond motifs is 1. The zero-order chi connectivity index (χ0) is 17.2. The maximum absolute atomic E-state index is 11.1. The number of benzene rings is 1. The molecule has 3 aromatic heterocycles. The van der Waals surface area contributed by atoms with E-state index in [1.54, 1.807) is 6.07 Å². The number of rotatable bonds is 5. The van der Waals surface area contributed by atoms with Gasteiger partial charge in [-0.2, -0.15) is 0 Å². The zero-order valence-corrected chi connectivity index (χ0v) is 13.6. The lowest BCUT2D eigenvalue weighted by Gasteiger charge is -2.07. The van der Waals surface area contributed by atoms with Crippen molar-refractivity contribution in [3.05, 3.63) is 64.3 Å². The van der Waals surface area contributed by atoms with Crippen LogP contribution in [0.15, 0.2) is 53.2 Å². The van der Waals surface area contributed by atoms with Crippen LogP contribution in [0, 0.1) is 10.1 Å². The van der Waals surface area contributed by atoms with E-state index in [1.807, 2.05) is 30.3 Å². The minimum absolute atomic E-state index is 0.0155. The summed E-state index contributed by atoms with van der Waals surface area (Å²) in [6.45, 7) is 0.534. The van der Waals surface area contributed by atoms with Crippen LogP contribution in [-0.2, 0) is 6.54 Å². The third-order valence-corrected chi connectivity index (χ3v) is 4.50. The van der Waals surface area contributed by atoms with E-state index in [9.17, 15) is 10.1 Å². The first-order valence-electron chi connectivity index (χ1n) is 7.35. The summed E-state index contributed by atoms with van der Waals surface area (Å²) in [4.78, 5) is 20.0. The number of nitrogens with one attached hydrogen (secondary N) is 1. The Morgan fingerprint density at radius 1 is 1.20 bits per heavy atom. The van der Waals surface area contributed by atoms with Gasteiger partial charge in [0.05, 0.1) is 16.5 Å². The van der Waals surface area contributed by atoms with E-state index in [-0.39, 0.29) is 5.00 Å². The summed E-state index contributed by atoms with van der Waals surface area (Å²) in [5.41, 5.74) is 1.07. The number of nitrogens with zero attached hydrogens (tertiary/aromatic N) is 4. The first kappa shape index (κ1) is 15.2. The predicted octanol–water partition coefficient (Wildman–Crippen LogP) is 3.87. The fraction of sp³-hybridized carbons (Fsp3) is 0.0625. The molecule has 0 aliphatic rings. The molecule has 0 atom stereocenters. The van der Waals surface area contributed by atoms with Crippen LogP contribution in [0.3, 0.4) is 0 Å². The van der Waals surface area contributed by atoms with Crippen LogP contribution in [0.1, 0.15) is 5.56 Å². The summed E-state index contributed by atoms with van der Waals surface area (Å²) in [5.74, 6) is 1.25. The van der Waals surface area contributed by atoms with Gasteiger partial charge in [0, 0.05) is 18.7 Å². The van der Waals surface area contributed by atoms with Gasteiger partial charge in [-0.25, -0.2) is 9.97 Å². The Bertz CT molecular complexity index is 1030. The van der Waals surface area contributed by atoms with Gasteiger partial charge in [-0.3, -0.25) is 10.1 Å². The zero-order valence-electron chi connectivity index (χ0n) is 12.7. The summed E-state index contributed by atoms with van der Waals surface area (Å²) < 4.78 is 5.11. The molecule has 0 aliphatic heterocycles. The van der Waals surface area contributed by atoms with Gasteiger partial charge in [0.2, 0.25) is 11.6 Å². The normalized spacial score (nSPS) is 10.9. The molecule has 0 saturated heterocycles. The fourth-order valence-electron chi connectivity index (χ4n) is 2.36. The molecule has 0 radical (unpaired) electrons. The smallest absolute Gasteiger partial charge is 0.326 e. The molecular weight excluding hydrogens is 342 g/mol. The Morgan fingerprint density at radius 3 is 2.76 bits per heavy atom. The largest absolute Gasteiger partial charge is 0.365 e. The number of aromatic nitrogens is 3. The van der Waals surface area contributed by atoms with Gasteiger partial charge in [0.15, 0.2) is 0 Å². The van der Waals surface area contributed by atoms with Gasteiger partial charge >= 0.3 is 5.00 Å². The quantitative estimate of drug-likeness (QED) is 0.429. The van der Waals surface area contributed by atoms with Gasteiger partial charge in [-0.1, -0.05) is 35.5 Å². The molecule has 3 heterocycles. The van der Waals surface area contributed by atoms with E-state index in [0.717, 1.165) is 16.9 Å². The van der Waals surface area contributed by atoms with Crippen molar-refractivity contribution in [2.24, 2.45) is 0 Å². The minimum Gasteiger partial charge on any atom is -0.365 e. The van der Waals surface area contributed by atoms with E-state index in [2.05, 4.69) is 20.4 Å². The van der Waals surface area contributed by atoms with Crippen LogP contribution in [0.4, 0.5) is 10.8 Å². The summed E-state index contributed by atoms with van der Waals surface area (Å²) in [6.07, 6.45) is 1.50. The van der Waals surface area contributed by atoms with E-state index < -0.39 is 4.92 Å². The number of hydrogen-bond acceptors (Lipinski definition) is 8. The number of hydrogen-bond donors (Lipinski definition) is 1. The Hall–Kier alpha value is -3.33. The number of thiophene rings is 1.